The SMILES string of the molecule is FC(F)(F)C1CCC1.N#Cc1cc(NSc2cc(C(=O)O)ccc2C2CC2)c(O)cc1Cl. The van der Waals surface area contributed by atoms with E-state index in [2.05, 4.69) is 4.72 Å². The lowest BCUT2D eigenvalue weighted by atomic mass is 9.85. The zero-order chi connectivity index (χ0) is 23.5. The summed E-state index contributed by atoms with van der Waals surface area (Å²) in [6.45, 7) is 0. The summed E-state index contributed by atoms with van der Waals surface area (Å²) in [6, 6.07) is 9.78. The van der Waals surface area contributed by atoms with Gasteiger partial charge < -0.3 is 14.9 Å². The maximum absolute atomic E-state index is 11.5. The molecular weight excluding hydrogens is 465 g/mol. The van der Waals surface area contributed by atoms with Crippen molar-refractivity contribution in [3.05, 3.63) is 52.0 Å². The van der Waals surface area contributed by atoms with E-state index >= 15 is 0 Å². The van der Waals surface area contributed by atoms with Crippen molar-refractivity contribution < 1.29 is 28.2 Å². The number of aromatic carboxylic acids is 1. The number of rotatable bonds is 5. The van der Waals surface area contributed by atoms with Gasteiger partial charge in [0.25, 0.3) is 0 Å². The number of halogens is 4. The summed E-state index contributed by atoms with van der Waals surface area (Å²) in [5.41, 5.74) is 1.90. The molecular formula is C22H20ClF3N2O3S. The molecule has 2 aliphatic carbocycles. The molecule has 0 amide bonds. The Hall–Kier alpha value is -2.57. The number of phenolic OH excluding ortho intramolecular Hbond substituents is 1. The number of carboxylic acids is 1. The van der Waals surface area contributed by atoms with Gasteiger partial charge >= 0.3 is 12.1 Å². The standard InChI is InChI=1S/C17H13ClN2O3S.C5H7F3/c18-13-7-15(21)14(5-11(13)8-19)20-24-16-6-10(17(22)23)3-4-12(16)9-1-2-9;6-5(7,8)4-2-1-3-4/h3-7,9,20-21H,1-2H2,(H,22,23);4H,1-3H2. The van der Waals surface area contributed by atoms with Crippen molar-refractivity contribution in [3.63, 3.8) is 0 Å². The molecule has 2 saturated carbocycles. The lowest BCUT2D eigenvalue weighted by Crippen LogP contribution is -2.28. The number of hydrogen-bond acceptors (Lipinski definition) is 5. The Morgan fingerprint density at radius 2 is 1.88 bits per heavy atom. The number of phenols is 1. The topological polar surface area (TPSA) is 93.4 Å². The van der Waals surface area contributed by atoms with E-state index in [1.165, 1.54) is 24.1 Å². The van der Waals surface area contributed by atoms with E-state index in [9.17, 15) is 23.1 Å². The van der Waals surface area contributed by atoms with Gasteiger partial charge in [0.1, 0.15) is 11.8 Å². The van der Waals surface area contributed by atoms with E-state index in [0.29, 0.717) is 24.4 Å². The molecule has 4 rings (SSSR count). The largest absolute Gasteiger partial charge is 0.506 e. The summed E-state index contributed by atoms with van der Waals surface area (Å²) in [4.78, 5) is 12.0. The Morgan fingerprint density at radius 3 is 2.34 bits per heavy atom. The third kappa shape index (κ3) is 6.02. The molecule has 0 heterocycles. The second-order valence-corrected chi connectivity index (χ2v) is 8.92. The summed E-state index contributed by atoms with van der Waals surface area (Å²) >= 11 is 7.08. The number of aromatic hydroxyl groups is 1. The highest BCUT2D eigenvalue weighted by molar-refractivity contribution is 8.00. The number of hydrogen-bond donors (Lipinski definition) is 3. The smallest absolute Gasteiger partial charge is 0.391 e. The molecule has 2 aromatic carbocycles. The first kappa shape index (κ1) is 24.1. The summed E-state index contributed by atoms with van der Waals surface area (Å²) in [7, 11) is 0. The Morgan fingerprint density at radius 1 is 1.19 bits per heavy atom. The van der Waals surface area contributed by atoms with Gasteiger partial charge in [0, 0.05) is 11.0 Å². The van der Waals surface area contributed by atoms with Gasteiger partial charge in [-0.1, -0.05) is 24.1 Å². The van der Waals surface area contributed by atoms with Crippen LogP contribution in [0.5, 0.6) is 5.75 Å². The fraction of sp³-hybridized carbons (Fsp3) is 0.364. The first-order valence-corrected chi connectivity index (χ1v) is 11.1. The van der Waals surface area contributed by atoms with Crippen LogP contribution in [0.15, 0.2) is 35.2 Å². The molecule has 0 unspecified atom stereocenters. The van der Waals surface area contributed by atoms with E-state index in [4.69, 9.17) is 22.0 Å². The number of alkyl halides is 3. The van der Waals surface area contributed by atoms with Gasteiger partial charge in [-0.15, -0.1) is 0 Å². The number of nitrogens with one attached hydrogen (secondary N) is 1. The summed E-state index contributed by atoms with van der Waals surface area (Å²) in [5.74, 6) is -1.58. The van der Waals surface area contributed by atoms with E-state index < -0.39 is 18.1 Å². The van der Waals surface area contributed by atoms with Gasteiger partial charge in [-0.05, 0) is 67.3 Å². The van der Waals surface area contributed by atoms with Crippen LogP contribution in [0.4, 0.5) is 18.9 Å². The van der Waals surface area contributed by atoms with Crippen LogP contribution in [0.2, 0.25) is 5.02 Å². The Bertz CT molecular complexity index is 1050. The third-order valence-electron chi connectivity index (χ3n) is 5.32. The molecule has 5 nitrogen and oxygen atoms in total. The molecule has 0 aliphatic heterocycles. The minimum atomic E-state index is -3.90. The average Bonchev–Trinajstić information content (AvgIpc) is 3.50. The zero-order valence-electron chi connectivity index (χ0n) is 16.7. The molecule has 32 heavy (non-hydrogen) atoms. The highest BCUT2D eigenvalue weighted by atomic mass is 35.5. The molecule has 0 atom stereocenters. The van der Waals surface area contributed by atoms with Crippen molar-refractivity contribution in [2.75, 3.05) is 4.72 Å². The molecule has 2 aromatic rings. The number of nitriles is 1. The fourth-order valence-corrected chi connectivity index (χ4v) is 4.19. The molecule has 10 heteroatoms. The molecule has 170 valence electrons. The predicted molar refractivity (Wildman–Crippen MR) is 116 cm³/mol. The average molecular weight is 485 g/mol. The molecule has 0 bridgehead atoms. The molecule has 0 aromatic heterocycles. The molecule has 0 radical (unpaired) electrons. The number of anilines is 1. The first-order chi connectivity index (χ1) is 15.1. The minimum Gasteiger partial charge on any atom is -0.506 e. The Kier molecular flexibility index (Phi) is 7.47. The minimum absolute atomic E-state index is 0.0751. The summed E-state index contributed by atoms with van der Waals surface area (Å²) < 4.78 is 37.5. The molecule has 0 spiro atoms. The van der Waals surface area contributed by atoms with Crippen molar-refractivity contribution in [2.45, 2.75) is 49.1 Å². The van der Waals surface area contributed by atoms with Gasteiger partial charge in [0.05, 0.1) is 27.8 Å². The highest BCUT2D eigenvalue weighted by Crippen LogP contribution is 2.45. The quantitative estimate of drug-likeness (QED) is 0.313. The van der Waals surface area contributed by atoms with Gasteiger partial charge in [-0.25, -0.2) is 4.79 Å². The normalized spacial score (nSPS) is 15.7. The van der Waals surface area contributed by atoms with Gasteiger partial charge in [0.15, 0.2) is 0 Å². The maximum atomic E-state index is 11.5. The van der Waals surface area contributed by atoms with Crippen molar-refractivity contribution in [2.24, 2.45) is 5.92 Å². The lowest BCUT2D eigenvalue weighted by molar-refractivity contribution is -0.193. The van der Waals surface area contributed by atoms with Crippen molar-refractivity contribution in [1.82, 2.24) is 0 Å². The maximum Gasteiger partial charge on any atom is 0.391 e. The first-order valence-electron chi connectivity index (χ1n) is 9.89. The van der Waals surface area contributed by atoms with Crippen LogP contribution in [0.3, 0.4) is 0 Å². The van der Waals surface area contributed by atoms with E-state index in [0.717, 1.165) is 29.7 Å². The number of nitrogens with zero attached hydrogens (tertiary/aromatic N) is 1. The van der Waals surface area contributed by atoms with E-state index in [1.54, 1.807) is 12.1 Å². The number of carboxylic acid groups (broad SMARTS) is 1. The van der Waals surface area contributed by atoms with Crippen LogP contribution in [0.25, 0.3) is 0 Å². The summed E-state index contributed by atoms with van der Waals surface area (Å²) in [5, 5.41) is 28.3. The van der Waals surface area contributed by atoms with Crippen molar-refractivity contribution in [3.8, 4) is 11.8 Å². The monoisotopic (exact) mass is 484 g/mol. The summed E-state index contributed by atoms with van der Waals surface area (Å²) in [6.07, 6.45) is -0.273. The van der Waals surface area contributed by atoms with Crippen LogP contribution in [0, 0.1) is 17.2 Å². The highest BCUT2D eigenvalue weighted by Gasteiger charge is 2.42. The van der Waals surface area contributed by atoms with Gasteiger partial charge in [-0.2, -0.15) is 18.4 Å². The Balaban J connectivity index is 0.000000305. The molecule has 2 aliphatic rings. The second kappa shape index (κ2) is 9.92. The number of carbonyl (C=O) groups is 1. The molecule has 0 saturated heterocycles. The third-order valence-corrected chi connectivity index (χ3v) is 6.53. The van der Waals surface area contributed by atoms with E-state index in [1.807, 2.05) is 12.1 Å². The van der Waals surface area contributed by atoms with Gasteiger partial charge in [0.2, 0.25) is 0 Å². The van der Waals surface area contributed by atoms with Crippen molar-refractivity contribution >= 4 is 35.2 Å². The van der Waals surface area contributed by atoms with Crippen LogP contribution < -0.4 is 4.72 Å². The number of benzene rings is 2. The lowest BCUT2D eigenvalue weighted by Gasteiger charge is -2.27. The fourth-order valence-electron chi connectivity index (χ4n) is 3.06. The Labute approximate surface area is 192 Å². The molecule has 3 N–H and O–H groups in total. The van der Waals surface area contributed by atoms with E-state index in [-0.39, 0.29) is 21.9 Å². The molecule has 2 fully saturated rings. The predicted octanol–water partition coefficient (Wildman–Crippen LogP) is 6.96. The van der Waals surface area contributed by atoms with Gasteiger partial charge in [-0.3, -0.25) is 0 Å². The second-order valence-electron chi connectivity index (χ2n) is 7.67. The van der Waals surface area contributed by atoms with Crippen LogP contribution >= 0.6 is 23.5 Å². The van der Waals surface area contributed by atoms with Crippen LogP contribution in [0.1, 0.15) is 59.5 Å². The van der Waals surface area contributed by atoms with Crippen molar-refractivity contribution in [1.29, 1.82) is 5.26 Å². The van der Waals surface area contributed by atoms with Crippen LogP contribution in [-0.2, 0) is 0 Å². The zero-order valence-corrected chi connectivity index (χ0v) is 18.3. The van der Waals surface area contributed by atoms with Crippen LogP contribution in [-0.4, -0.2) is 22.4 Å².